The Morgan fingerprint density at radius 2 is 1.94 bits per heavy atom. The van der Waals surface area contributed by atoms with Crippen LogP contribution in [0.3, 0.4) is 0 Å². The summed E-state index contributed by atoms with van der Waals surface area (Å²) in [4.78, 5) is 23.3. The Labute approximate surface area is 213 Å². The maximum atomic E-state index is 13.1. The number of benzene rings is 2. The van der Waals surface area contributed by atoms with Gasteiger partial charge in [-0.25, -0.2) is 4.98 Å². The van der Waals surface area contributed by atoms with E-state index in [9.17, 15) is 9.90 Å². The summed E-state index contributed by atoms with van der Waals surface area (Å²) in [6, 6.07) is 14.9. The zero-order valence-electron chi connectivity index (χ0n) is 20.3. The molecule has 0 saturated carbocycles. The van der Waals surface area contributed by atoms with E-state index in [-0.39, 0.29) is 12.2 Å². The fourth-order valence-electron chi connectivity index (χ4n) is 3.94. The first-order valence-corrected chi connectivity index (χ1v) is 12.3. The van der Waals surface area contributed by atoms with Crippen LogP contribution in [0.2, 0.25) is 0 Å². The molecule has 0 radical (unpaired) electrons. The van der Waals surface area contributed by atoms with Crippen molar-refractivity contribution < 1.29 is 19.3 Å². The molecular weight excluding hydrogens is 478 g/mol. The number of hydrogen-bond donors (Lipinski definition) is 2. The molecule has 0 amide bonds. The number of thiophene rings is 1. The summed E-state index contributed by atoms with van der Waals surface area (Å²) >= 11 is 1.41. The predicted octanol–water partition coefficient (Wildman–Crippen LogP) is 4.10. The zero-order valence-corrected chi connectivity index (χ0v) is 21.1. The van der Waals surface area contributed by atoms with Crippen molar-refractivity contribution >= 4 is 21.6 Å². The normalized spacial score (nSPS) is 12.0. The summed E-state index contributed by atoms with van der Waals surface area (Å²) < 4.78 is 16.4. The van der Waals surface area contributed by atoms with E-state index in [1.807, 2.05) is 58.8 Å². The molecule has 0 bridgehead atoms. The molecule has 8 nitrogen and oxygen atoms in total. The van der Waals surface area contributed by atoms with Gasteiger partial charge in [0.1, 0.15) is 29.1 Å². The Kier molecular flexibility index (Phi) is 8.37. The number of methoxy groups -OCH3 is 2. The lowest BCUT2D eigenvalue weighted by atomic mass is 10.1. The minimum absolute atomic E-state index is 0.153. The molecule has 4 rings (SSSR count). The highest BCUT2D eigenvalue weighted by molar-refractivity contribution is 7.17. The third-order valence-corrected chi connectivity index (χ3v) is 6.47. The van der Waals surface area contributed by atoms with Crippen LogP contribution < -0.4 is 19.8 Å². The Morgan fingerprint density at radius 1 is 1.17 bits per heavy atom. The number of H-pyrrole nitrogens is 1. The lowest BCUT2D eigenvalue weighted by molar-refractivity contribution is 0.0689. The molecule has 0 spiro atoms. The molecule has 2 aromatic carbocycles. The van der Waals surface area contributed by atoms with Gasteiger partial charge in [-0.1, -0.05) is 30.3 Å². The van der Waals surface area contributed by atoms with Crippen LogP contribution in [0.15, 0.2) is 71.4 Å². The van der Waals surface area contributed by atoms with Gasteiger partial charge < -0.3 is 24.3 Å². The topological polar surface area (TPSA) is 96.9 Å². The molecule has 36 heavy (non-hydrogen) atoms. The van der Waals surface area contributed by atoms with Gasteiger partial charge in [-0.15, -0.1) is 17.9 Å². The molecule has 0 unspecified atom stereocenters. The van der Waals surface area contributed by atoms with Crippen molar-refractivity contribution in [3.05, 3.63) is 82.7 Å². The SMILES string of the molecule is C=CCN(Cc1nc2scc(-c3ccc(OC)c(OC)c3)c2c(=O)[nH]1)C[C@H](O)COc1ccccc1. The largest absolute Gasteiger partial charge is 0.493 e. The number of ether oxygens (including phenoxy) is 3. The summed E-state index contributed by atoms with van der Waals surface area (Å²) in [7, 11) is 3.16. The highest BCUT2D eigenvalue weighted by Crippen LogP contribution is 2.36. The van der Waals surface area contributed by atoms with Crippen LogP contribution >= 0.6 is 11.3 Å². The monoisotopic (exact) mass is 507 g/mol. The van der Waals surface area contributed by atoms with Crippen molar-refractivity contribution in [3.8, 4) is 28.4 Å². The summed E-state index contributed by atoms with van der Waals surface area (Å²) in [5.41, 5.74) is 1.41. The average molecular weight is 508 g/mol. The summed E-state index contributed by atoms with van der Waals surface area (Å²) in [6.07, 6.45) is 1.03. The highest BCUT2D eigenvalue weighted by Gasteiger charge is 2.17. The Balaban J connectivity index is 1.51. The first-order valence-electron chi connectivity index (χ1n) is 11.4. The van der Waals surface area contributed by atoms with Crippen LogP contribution in [0.5, 0.6) is 17.2 Å². The van der Waals surface area contributed by atoms with E-state index in [4.69, 9.17) is 19.2 Å². The number of nitrogens with zero attached hydrogens (tertiary/aromatic N) is 2. The lowest BCUT2D eigenvalue weighted by Gasteiger charge is -2.23. The van der Waals surface area contributed by atoms with Gasteiger partial charge in [-0.3, -0.25) is 9.69 Å². The number of aliphatic hydroxyl groups is 1. The van der Waals surface area contributed by atoms with Crippen LogP contribution in [-0.4, -0.2) is 60.0 Å². The molecule has 0 fully saturated rings. The molecule has 1 atom stereocenters. The van der Waals surface area contributed by atoms with Gasteiger partial charge in [0.25, 0.3) is 5.56 Å². The fraction of sp³-hybridized carbons (Fsp3) is 0.259. The smallest absolute Gasteiger partial charge is 0.260 e. The number of nitrogens with one attached hydrogen (secondary N) is 1. The van der Waals surface area contributed by atoms with Gasteiger partial charge in [-0.2, -0.15) is 0 Å². The summed E-state index contributed by atoms with van der Waals surface area (Å²) in [5, 5.41) is 13.0. The minimum atomic E-state index is -0.723. The third kappa shape index (κ3) is 5.93. The van der Waals surface area contributed by atoms with Crippen molar-refractivity contribution in [1.82, 2.24) is 14.9 Å². The molecule has 0 aliphatic carbocycles. The minimum Gasteiger partial charge on any atom is -0.493 e. The van der Waals surface area contributed by atoms with E-state index in [0.29, 0.717) is 52.9 Å². The molecule has 9 heteroatoms. The van der Waals surface area contributed by atoms with Gasteiger partial charge in [0.2, 0.25) is 0 Å². The van der Waals surface area contributed by atoms with E-state index in [2.05, 4.69) is 11.6 Å². The quantitative estimate of drug-likeness (QED) is 0.279. The molecule has 0 aliphatic heterocycles. The molecule has 2 N–H and O–H groups in total. The van der Waals surface area contributed by atoms with Crippen molar-refractivity contribution in [1.29, 1.82) is 0 Å². The molecular formula is C27H29N3O5S. The lowest BCUT2D eigenvalue weighted by Crippen LogP contribution is -2.36. The van der Waals surface area contributed by atoms with Gasteiger partial charge in [0.05, 0.1) is 26.2 Å². The van der Waals surface area contributed by atoms with E-state index < -0.39 is 6.10 Å². The zero-order chi connectivity index (χ0) is 25.5. The Morgan fingerprint density at radius 3 is 2.67 bits per heavy atom. The average Bonchev–Trinajstić information content (AvgIpc) is 3.32. The molecule has 0 saturated heterocycles. The molecule has 4 aromatic rings. The van der Waals surface area contributed by atoms with Crippen molar-refractivity contribution in [2.45, 2.75) is 12.6 Å². The molecule has 2 heterocycles. The summed E-state index contributed by atoms with van der Waals surface area (Å²) in [6.45, 7) is 5.17. The van der Waals surface area contributed by atoms with Crippen LogP contribution in [0.1, 0.15) is 5.82 Å². The Hall–Kier alpha value is -3.66. The van der Waals surface area contributed by atoms with Crippen molar-refractivity contribution in [3.63, 3.8) is 0 Å². The van der Waals surface area contributed by atoms with Crippen LogP contribution in [0.25, 0.3) is 21.3 Å². The number of hydrogen-bond acceptors (Lipinski definition) is 8. The van der Waals surface area contributed by atoms with Crippen LogP contribution in [0.4, 0.5) is 0 Å². The first kappa shape index (κ1) is 25.4. The fourth-order valence-corrected chi connectivity index (χ4v) is 4.91. The van der Waals surface area contributed by atoms with Gasteiger partial charge in [0, 0.05) is 24.0 Å². The maximum Gasteiger partial charge on any atom is 0.260 e. The van der Waals surface area contributed by atoms with Crippen molar-refractivity contribution in [2.24, 2.45) is 0 Å². The van der Waals surface area contributed by atoms with Gasteiger partial charge in [0.15, 0.2) is 11.5 Å². The van der Waals surface area contributed by atoms with Gasteiger partial charge in [-0.05, 0) is 29.8 Å². The van der Waals surface area contributed by atoms with E-state index >= 15 is 0 Å². The summed E-state index contributed by atoms with van der Waals surface area (Å²) in [5.74, 6) is 2.43. The second kappa shape index (κ2) is 11.9. The first-order chi connectivity index (χ1) is 17.5. The van der Waals surface area contributed by atoms with E-state index in [1.165, 1.54) is 11.3 Å². The third-order valence-electron chi connectivity index (χ3n) is 5.60. The Bertz CT molecular complexity index is 1370. The van der Waals surface area contributed by atoms with E-state index in [1.54, 1.807) is 20.3 Å². The maximum absolute atomic E-state index is 13.1. The highest BCUT2D eigenvalue weighted by atomic mass is 32.1. The van der Waals surface area contributed by atoms with Crippen LogP contribution in [0, 0.1) is 0 Å². The van der Waals surface area contributed by atoms with Gasteiger partial charge >= 0.3 is 0 Å². The molecule has 2 aromatic heterocycles. The van der Waals surface area contributed by atoms with Crippen LogP contribution in [-0.2, 0) is 6.54 Å². The predicted molar refractivity (Wildman–Crippen MR) is 142 cm³/mol. The number of para-hydroxylation sites is 1. The number of fused-ring (bicyclic) bond motifs is 1. The number of rotatable bonds is 12. The van der Waals surface area contributed by atoms with E-state index in [0.717, 1.165) is 11.1 Å². The number of aliphatic hydroxyl groups excluding tert-OH is 1. The standard InChI is InChI=1S/C27H29N3O5S/c1-4-12-30(14-19(31)16-35-20-8-6-5-7-9-20)15-24-28-26(32)25-21(17-36-27(25)29-24)18-10-11-22(33-2)23(13-18)34-3/h4-11,13,17,19,31H,1,12,14-16H2,2-3H3,(H,28,29,32)/t19-/m0/s1. The molecule has 188 valence electrons. The molecule has 0 aliphatic rings. The second-order valence-electron chi connectivity index (χ2n) is 8.17. The number of aromatic nitrogens is 2. The second-order valence-corrected chi connectivity index (χ2v) is 9.03. The number of aromatic amines is 1. The van der Waals surface area contributed by atoms with Crippen molar-refractivity contribution in [2.75, 3.05) is 33.9 Å².